The third-order valence-electron chi connectivity index (χ3n) is 10.3. The quantitative estimate of drug-likeness (QED) is 0.205. The van der Waals surface area contributed by atoms with Crippen molar-refractivity contribution in [3.8, 4) is 22.4 Å². The van der Waals surface area contributed by atoms with Crippen LogP contribution in [0.3, 0.4) is 0 Å². The molecule has 3 atom stereocenters. The second-order valence-electron chi connectivity index (χ2n) is 13.1. The van der Waals surface area contributed by atoms with Crippen LogP contribution in [0.15, 0.2) is 71.3 Å². The molecule has 41 heavy (non-hydrogen) atoms. The largest absolute Gasteiger partial charge is 0.454 e. The fourth-order valence-electron chi connectivity index (χ4n) is 7.86. The van der Waals surface area contributed by atoms with Gasteiger partial charge in [0.1, 0.15) is 24.0 Å². The van der Waals surface area contributed by atoms with E-state index in [9.17, 15) is 0 Å². The molecule has 0 aliphatic heterocycles. The number of pyridine rings is 1. The number of nitrogens with zero attached hydrogens (tertiary/aromatic N) is 1. The van der Waals surface area contributed by atoms with Crippen LogP contribution in [0.4, 0.5) is 4.39 Å². The summed E-state index contributed by atoms with van der Waals surface area (Å²) in [6.07, 6.45) is 11.7. The zero-order valence-electron chi connectivity index (χ0n) is 24.8. The lowest BCUT2D eigenvalue weighted by Crippen LogP contribution is -2.31. The normalized spacial score (nSPS) is 21.1. The highest BCUT2D eigenvalue weighted by molar-refractivity contribution is 6.13. The maximum absolute atomic E-state index is 15.6. The maximum Gasteiger partial charge on any atom is 0.216 e. The molecular formula is C38H41FNO+. The van der Waals surface area contributed by atoms with Gasteiger partial charge in [-0.15, -0.1) is 0 Å². The molecular weight excluding hydrogens is 505 g/mol. The fraction of sp³-hybridized carbons (Fsp3) is 0.395. The summed E-state index contributed by atoms with van der Waals surface area (Å²) in [5, 5.41) is 1.98. The van der Waals surface area contributed by atoms with E-state index in [0.29, 0.717) is 23.0 Å². The van der Waals surface area contributed by atoms with Crippen molar-refractivity contribution in [3.05, 3.63) is 89.4 Å². The van der Waals surface area contributed by atoms with Crippen LogP contribution in [0.1, 0.15) is 87.3 Å². The summed E-state index contributed by atoms with van der Waals surface area (Å²) in [5.41, 5.74) is 8.92. The van der Waals surface area contributed by atoms with Gasteiger partial charge in [0.2, 0.25) is 5.69 Å². The van der Waals surface area contributed by atoms with Crippen molar-refractivity contribution in [1.82, 2.24) is 0 Å². The van der Waals surface area contributed by atoms with Crippen molar-refractivity contribution in [3.63, 3.8) is 0 Å². The number of fused-ring (bicyclic) bond motifs is 4. The number of hydrogen-bond donors (Lipinski definition) is 0. The SMILES string of the molecule is Cc1ccc2c(oc3c(-c4ccc(C5CCC6CCCCC6C5)cc4)c(F)ccc32)c1-c1cc(C(C)C)cc[n+]1C. The Morgan fingerprint density at radius 3 is 2.27 bits per heavy atom. The lowest BCUT2D eigenvalue weighted by atomic mass is 9.66. The molecule has 2 aromatic heterocycles. The minimum absolute atomic E-state index is 0.238. The van der Waals surface area contributed by atoms with Crippen LogP contribution in [0.5, 0.6) is 0 Å². The minimum Gasteiger partial charge on any atom is -0.454 e. The molecule has 2 nitrogen and oxygen atoms in total. The molecule has 2 aliphatic rings. The van der Waals surface area contributed by atoms with Gasteiger partial charge in [0.05, 0.1) is 11.1 Å². The molecule has 3 heteroatoms. The first-order valence-electron chi connectivity index (χ1n) is 15.6. The second-order valence-corrected chi connectivity index (χ2v) is 13.1. The molecule has 2 fully saturated rings. The van der Waals surface area contributed by atoms with E-state index in [4.69, 9.17) is 4.42 Å². The summed E-state index contributed by atoms with van der Waals surface area (Å²) in [5.74, 6) is 2.65. The van der Waals surface area contributed by atoms with Crippen LogP contribution < -0.4 is 4.57 Å². The number of halogens is 1. The van der Waals surface area contributed by atoms with E-state index in [1.54, 1.807) is 6.07 Å². The van der Waals surface area contributed by atoms with Gasteiger partial charge in [0.25, 0.3) is 0 Å². The van der Waals surface area contributed by atoms with Gasteiger partial charge in [-0.1, -0.05) is 75.9 Å². The van der Waals surface area contributed by atoms with Crippen molar-refractivity contribution in [2.24, 2.45) is 18.9 Å². The highest BCUT2D eigenvalue weighted by Crippen LogP contribution is 2.47. The van der Waals surface area contributed by atoms with Crippen LogP contribution in [-0.4, -0.2) is 0 Å². The molecule has 0 amide bonds. The van der Waals surface area contributed by atoms with Gasteiger partial charge < -0.3 is 4.42 Å². The molecule has 2 aliphatic carbocycles. The monoisotopic (exact) mass is 546 g/mol. The topological polar surface area (TPSA) is 17.0 Å². The van der Waals surface area contributed by atoms with E-state index in [-0.39, 0.29) is 5.82 Å². The standard InChI is InChI=1S/C38H41FNO/c1-23(2)28-19-20-40(4)34(22-28)35-24(3)9-16-31-32-17-18-33(39)36(38(32)41-37(31)35)27-13-10-26(11-14-27)30-15-12-25-7-5-6-8-29(25)21-30/h9-11,13-14,16-20,22-23,25,29-30H,5-8,12,15,21H2,1-4H3/q+1. The van der Waals surface area contributed by atoms with Gasteiger partial charge in [-0.3, -0.25) is 0 Å². The van der Waals surface area contributed by atoms with Crippen molar-refractivity contribution in [2.45, 2.75) is 77.6 Å². The van der Waals surface area contributed by atoms with E-state index in [1.165, 1.54) is 56.1 Å². The number of furan rings is 1. The summed E-state index contributed by atoms with van der Waals surface area (Å²) < 4.78 is 24.5. The lowest BCUT2D eigenvalue weighted by Gasteiger charge is -2.39. The van der Waals surface area contributed by atoms with E-state index in [1.807, 2.05) is 6.07 Å². The zero-order chi connectivity index (χ0) is 28.2. The van der Waals surface area contributed by atoms with Crippen LogP contribution in [0.25, 0.3) is 44.3 Å². The van der Waals surface area contributed by atoms with E-state index >= 15 is 4.39 Å². The van der Waals surface area contributed by atoms with Crippen molar-refractivity contribution >= 4 is 21.9 Å². The lowest BCUT2D eigenvalue weighted by molar-refractivity contribution is -0.660. The Hall–Kier alpha value is -3.46. The molecule has 210 valence electrons. The Balaban J connectivity index is 1.31. The third-order valence-corrected chi connectivity index (χ3v) is 10.3. The summed E-state index contributed by atoms with van der Waals surface area (Å²) in [4.78, 5) is 0. The maximum atomic E-state index is 15.6. The number of aromatic nitrogens is 1. The third kappa shape index (κ3) is 4.58. The molecule has 0 radical (unpaired) electrons. The minimum atomic E-state index is -0.238. The summed E-state index contributed by atoms with van der Waals surface area (Å²) in [6, 6.07) is 20.9. The molecule has 0 N–H and O–H groups in total. The first-order valence-corrected chi connectivity index (χ1v) is 15.6. The molecule has 0 bridgehead atoms. The predicted octanol–water partition coefficient (Wildman–Crippen LogP) is 10.4. The average Bonchev–Trinajstić information content (AvgIpc) is 3.35. The van der Waals surface area contributed by atoms with Crippen LogP contribution in [0, 0.1) is 24.6 Å². The van der Waals surface area contributed by atoms with Crippen LogP contribution in [-0.2, 0) is 7.05 Å². The van der Waals surface area contributed by atoms with Crippen molar-refractivity contribution in [2.75, 3.05) is 0 Å². The Kier molecular flexibility index (Phi) is 6.72. The average molecular weight is 547 g/mol. The Bertz CT molecular complexity index is 1740. The molecule has 2 saturated carbocycles. The molecule has 0 spiro atoms. The number of benzene rings is 3. The van der Waals surface area contributed by atoms with Crippen molar-refractivity contribution < 1.29 is 13.4 Å². The predicted molar refractivity (Wildman–Crippen MR) is 167 cm³/mol. The van der Waals surface area contributed by atoms with Crippen LogP contribution in [0.2, 0.25) is 0 Å². The highest BCUT2D eigenvalue weighted by atomic mass is 19.1. The second kappa shape index (κ2) is 10.4. The van der Waals surface area contributed by atoms with Gasteiger partial charge in [-0.25, -0.2) is 8.96 Å². The first kappa shape index (κ1) is 26.4. The van der Waals surface area contributed by atoms with Gasteiger partial charge in [0.15, 0.2) is 6.20 Å². The molecule has 2 heterocycles. The van der Waals surface area contributed by atoms with E-state index in [2.05, 4.69) is 87.1 Å². The Morgan fingerprint density at radius 1 is 0.805 bits per heavy atom. The van der Waals surface area contributed by atoms with Crippen molar-refractivity contribution in [1.29, 1.82) is 0 Å². The summed E-state index contributed by atoms with van der Waals surface area (Å²) in [6.45, 7) is 6.56. The number of aryl methyl sites for hydroxylation is 2. The van der Waals surface area contributed by atoms with Gasteiger partial charge in [-0.2, -0.15) is 0 Å². The first-order chi connectivity index (χ1) is 19.9. The summed E-state index contributed by atoms with van der Waals surface area (Å²) in [7, 11) is 2.08. The van der Waals surface area contributed by atoms with E-state index < -0.39 is 0 Å². The Morgan fingerprint density at radius 2 is 1.51 bits per heavy atom. The van der Waals surface area contributed by atoms with Crippen LogP contribution >= 0.6 is 0 Å². The van der Waals surface area contributed by atoms with E-state index in [0.717, 1.165) is 50.6 Å². The van der Waals surface area contributed by atoms with Gasteiger partial charge in [0, 0.05) is 22.9 Å². The molecule has 5 aromatic rings. The molecule has 0 saturated heterocycles. The molecule has 3 aromatic carbocycles. The van der Waals surface area contributed by atoms with Gasteiger partial charge >= 0.3 is 0 Å². The number of hydrogen-bond acceptors (Lipinski definition) is 1. The zero-order valence-corrected chi connectivity index (χ0v) is 24.8. The summed E-state index contributed by atoms with van der Waals surface area (Å²) >= 11 is 0. The smallest absolute Gasteiger partial charge is 0.216 e. The fourth-order valence-corrected chi connectivity index (χ4v) is 7.86. The highest BCUT2D eigenvalue weighted by Gasteiger charge is 2.33. The number of rotatable bonds is 4. The van der Waals surface area contributed by atoms with Gasteiger partial charge in [-0.05, 0) is 84.2 Å². The molecule has 7 rings (SSSR count). The Labute approximate surface area is 243 Å². The molecule has 3 unspecified atom stereocenters.